The van der Waals surface area contributed by atoms with Gasteiger partial charge in [0.25, 0.3) is 17.1 Å². The summed E-state index contributed by atoms with van der Waals surface area (Å²) in [5.74, 6) is -2.96. The Balaban J connectivity index is 1.60. The molecule has 1 N–H and O–H groups in total. The normalized spacial score (nSPS) is 15.4. The largest absolute Gasteiger partial charge is 0.350 e. The van der Waals surface area contributed by atoms with E-state index in [-0.39, 0.29) is 18.7 Å². The number of carbonyl (C=O) groups is 3. The molecule has 0 saturated carbocycles. The van der Waals surface area contributed by atoms with Gasteiger partial charge in [-0.25, -0.2) is 8.78 Å². The van der Waals surface area contributed by atoms with Gasteiger partial charge in [-0.05, 0) is 42.5 Å². The summed E-state index contributed by atoms with van der Waals surface area (Å²) >= 11 is 0.824. The number of benzene rings is 2. The topological polar surface area (TPSA) is 66.5 Å². The van der Waals surface area contributed by atoms with E-state index in [2.05, 4.69) is 5.32 Å². The minimum atomic E-state index is -0.982. The molecule has 144 valence electrons. The highest BCUT2D eigenvalue weighted by Crippen LogP contribution is 2.31. The summed E-state index contributed by atoms with van der Waals surface area (Å²) in [6.07, 6.45) is 1.64. The third kappa shape index (κ3) is 4.45. The molecule has 1 aliphatic heterocycles. The quantitative estimate of drug-likeness (QED) is 0.774. The highest BCUT2D eigenvalue weighted by molar-refractivity contribution is 8.18. The SMILES string of the molecule is Cc1ccc(/C=C2\SC(=O)N(CCNC(=O)c3ccc(F)cc3F)C2=O)cc1. The van der Waals surface area contributed by atoms with Gasteiger partial charge in [0.15, 0.2) is 0 Å². The summed E-state index contributed by atoms with van der Waals surface area (Å²) in [4.78, 5) is 37.8. The number of nitrogens with zero attached hydrogens (tertiary/aromatic N) is 1. The molecule has 1 aliphatic rings. The lowest BCUT2D eigenvalue weighted by atomic mass is 10.1. The molecule has 0 aromatic heterocycles. The van der Waals surface area contributed by atoms with Crippen molar-refractivity contribution in [3.8, 4) is 0 Å². The minimum Gasteiger partial charge on any atom is -0.350 e. The first-order chi connectivity index (χ1) is 13.3. The van der Waals surface area contributed by atoms with E-state index in [1.54, 1.807) is 6.08 Å². The fraction of sp³-hybridized carbons (Fsp3) is 0.150. The van der Waals surface area contributed by atoms with Gasteiger partial charge in [0.05, 0.1) is 10.5 Å². The van der Waals surface area contributed by atoms with Crippen LogP contribution < -0.4 is 5.32 Å². The molecule has 3 rings (SSSR count). The number of aryl methyl sites for hydroxylation is 1. The Labute approximate surface area is 164 Å². The zero-order chi connectivity index (χ0) is 20.3. The second kappa shape index (κ2) is 8.35. The first-order valence-corrected chi connectivity index (χ1v) is 9.22. The third-order valence-corrected chi connectivity index (χ3v) is 4.95. The first kappa shape index (κ1) is 19.8. The molecule has 0 unspecified atom stereocenters. The van der Waals surface area contributed by atoms with E-state index in [1.807, 2.05) is 31.2 Å². The van der Waals surface area contributed by atoms with E-state index < -0.39 is 28.7 Å². The zero-order valence-electron chi connectivity index (χ0n) is 14.9. The molecular formula is C20H16F2N2O3S. The van der Waals surface area contributed by atoms with E-state index in [4.69, 9.17) is 0 Å². The number of carbonyl (C=O) groups excluding carboxylic acids is 3. The first-order valence-electron chi connectivity index (χ1n) is 8.40. The van der Waals surface area contributed by atoms with Crippen LogP contribution in [0.15, 0.2) is 47.4 Å². The van der Waals surface area contributed by atoms with Crippen LogP contribution in [-0.2, 0) is 4.79 Å². The molecule has 5 nitrogen and oxygen atoms in total. The zero-order valence-corrected chi connectivity index (χ0v) is 15.7. The van der Waals surface area contributed by atoms with Crippen LogP contribution in [0, 0.1) is 18.6 Å². The van der Waals surface area contributed by atoms with Gasteiger partial charge in [0.1, 0.15) is 11.6 Å². The Hall–Kier alpha value is -3.00. The molecule has 1 heterocycles. The van der Waals surface area contributed by atoms with Gasteiger partial charge in [0, 0.05) is 19.2 Å². The van der Waals surface area contributed by atoms with Gasteiger partial charge in [-0.2, -0.15) is 0 Å². The molecule has 3 amide bonds. The third-order valence-electron chi connectivity index (χ3n) is 4.05. The summed E-state index contributed by atoms with van der Waals surface area (Å²) in [5, 5.41) is 1.98. The van der Waals surface area contributed by atoms with Gasteiger partial charge in [-0.1, -0.05) is 29.8 Å². The van der Waals surface area contributed by atoms with Crippen molar-refractivity contribution in [2.75, 3.05) is 13.1 Å². The van der Waals surface area contributed by atoms with Crippen molar-refractivity contribution < 1.29 is 23.2 Å². The van der Waals surface area contributed by atoms with Crippen molar-refractivity contribution in [2.24, 2.45) is 0 Å². The van der Waals surface area contributed by atoms with Crippen molar-refractivity contribution >= 4 is 34.9 Å². The monoisotopic (exact) mass is 402 g/mol. The lowest BCUT2D eigenvalue weighted by molar-refractivity contribution is -0.122. The van der Waals surface area contributed by atoms with Gasteiger partial charge in [0.2, 0.25) is 0 Å². The Morgan fingerprint density at radius 1 is 1.14 bits per heavy atom. The van der Waals surface area contributed by atoms with Crippen LogP contribution in [0.2, 0.25) is 0 Å². The van der Waals surface area contributed by atoms with Crippen LogP contribution in [0.3, 0.4) is 0 Å². The van der Waals surface area contributed by atoms with Crippen LogP contribution in [0.4, 0.5) is 13.6 Å². The van der Waals surface area contributed by atoms with Crippen molar-refractivity contribution in [2.45, 2.75) is 6.92 Å². The fourth-order valence-corrected chi connectivity index (χ4v) is 3.42. The lowest BCUT2D eigenvalue weighted by Gasteiger charge is -2.13. The number of imide groups is 1. The number of hydrogen-bond donors (Lipinski definition) is 1. The summed E-state index contributed by atoms with van der Waals surface area (Å²) in [7, 11) is 0. The molecule has 2 aromatic carbocycles. The van der Waals surface area contributed by atoms with Gasteiger partial charge in [-0.15, -0.1) is 0 Å². The maximum atomic E-state index is 13.6. The second-order valence-corrected chi connectivity index (χ2v) is 7.12. The van der Waals surface area contributed by atoms with Crippen LogP contribution in [0.25, 0.3) is 6.08 Å². The van der Waals surface area contributed by atoms with Crippen molar-refractivity contribution in [1.29, 1.82) is 0 Å². The molecule has 0 radical (unpaired) electrons. The molecule has 0 aliphatic carbocycles. The van der Waals surface area contributed by atoms with E-state index >= 15 is 0 Å². The van der Waals surface area contributed by atoms with Crippen molar-refractivity contribution in [3.63, 3.8) is 0 Å². The van der Waals surface area contributed by atoms with Crippen LogP contribution in [0.1, 0.15) is 21.5 Å². The van der Waals surface area contributed by atoms with Gasteiger partial charge < -0.3 is 5.32 Å². The summed E-state index contributed by atoms with van der Waals surface area (Å²) in [6, 6.07) is 10.1. The lowest BCUT2D eigenvalue weighted by Crippen LogP contribution is -2.37. The predicted molar refractivity (Wildman–Crippen MR) is 103 cm³/mol. The molecule has 28 heavy (non-hydrogen) atoms. The molecule has 0 spiro atoms. The highest BCUT2D eigenvalue weighted by Gasteiger charge is 2.34. The summed E-state index contributed by atoms with van der Waals surface area (Å²) in [6.45, 7) is 1.85. The van der Waals surface area contributed by atoms with Crippen LogP contribution in [-0.4, -0.2) is 35.0 Å². The Morgan fingerprint density at radius 3 is 2.54 bits per heavy atom. The molecule has 8 heteroatoms. The Morgan fingerprint density at radius 2 is 1.86 bits per heavy atom. The van der Waals surface area contributed by atoms with E-state index in [9.17, 15) is 23.2 Å². The predicted octanol–water partition coefficient (Wildman–Crippen LogP) is 3.74. The minimum absolute atomic E-state index is 0.0501. The number of thioether (sulfide) groups is 1. The number of rotatable bonds is 5. The van der Waals surface area contributed by atoms with Gasteiger partial charge >= 0.3 is 0 Å². The van der Waals surface area contributed by atoms with Crippen LogP contribution in [0.5, 0.6) is 0 Å². The number of hydrogen-bond acceptors (Lipinski definition) is 4. The number of nitrogens with one attached hydrogen (secondary N) is 1. The number of halogens is 2. The van der Waals surface area contributed by atoms with Crippen molar-refractivity contribution in [3.05, 3.63) is 75.7 Å². The van der Waals surface area contributed by atoms with E-state index in [0.29, 0.717) is 11.0 Å². The Kier molecular flexibility index (Phi) is 5.89. The number of amides is 3. The summed E-state index contributed by atoms with van der Waals surface area (Å²) < 4.78 is 26.5. The van der Waals surface area contributed by atoms with E-state index in [0.717, 1.165) is 39.9 Å². The fourth-order valence-electron chi connectivity index (χ4n) is 2.56. The maximum Gasteiger partial charge on any atom is 0.293 e. The second-order valence-electron chi connectivity index (χ2n) is 6.12. The molecule has 1 saturated heterocycles. The van der Waals surface area contributed by atoms with Crippen molar-refractivity contribution in [1.82, 2.24) is 10.2 Å². The van der Waals surface area contributed by atoms with Crippen LogP contribution >= 0.6 is 11.8 Å². The smallest absolute Gasteiger partial charge is 0.293 e. The molecule has 2 aromatic rings. The summed E-state index contributed by atoms with van der Waals surface area (Å²) in [5.41, 5.74) is 1.57. The average molecular weight is 402 g/mol. The van der Waals surface area contributed by atoms with E-state index in [1.165, 1.54) is 0 Å². The molecule has 1 fully saturated rings. The van der Waals surface area contributed by atoms with Gasteiger partial charge in [-0.3, -0.25) is 19.3 Å². The highest BCUT2D eigenvalue weighted by atomic mass is 32.2. The average Bonchev–Trinajstić information content (AvgIpc) is 2.91. The molecule has 0 atom stereocenters. The molecular weight excluding hydrogens is 386 g/mol. The Bertz CT molecular complexity index is 974. The standard InChI is InChI=1S/C20H16F2N2O3S/c1-12-2-4-13(5-3-12)10-17-19(26)24(20(27)28-17)9-8-23-18(25)15-7-6-14(21)11-16(15)22/h2-7,10-11H,8-9H2,1H3,(H,23,25)/b17-10-. The maximum absolute atomic E-state index is 13.6. The molecule has 0 bridgehead atoms.